The third-order valence-corrected chi connectivity index (χ3v) is 3.10. The molecule has 1 aliphatic carbocycles. The van der Waals surface area contributed by atoms with Crippen molar-refractivity contribution in [2.45, 2.75) is 19.8 Å². The second-order valence-corrected chi connectivity index (χ2v) is 3.69. The second-order valence-electron chi connectivity index (χ2n) is 3.69. The van der Waals surface area contributed by atoms with Gasteiger partial charge in [-0.3, -0.25) is 0 Å². The summed E-state index contributed by atoms with van der Waals surface area (Å²) in [5, 5.41) is 0. The number of rotatable bonds is 0. The van der Waals surface area contributed by atoms with Crippen molar-refractivity contribution in [2.75, 3.05) is 0 Å². The van der Waals surface area contributed by atoms with Gasteiger partial charge in [0.15, 0.2) is 0 Å². The fraction of sp³-hybridized carbons (Fsp3) is 0.333. The Hall–Kier alpha value is -1.04. The Morgan fingerprint density at radius 2 is 1.75 bits per heavy atom. The van der Waals surface area contributed by atoms with E-state index in [1.165, 1.54) is 16.7 Å². The summed E-state index contributed by atoms with van der Waals surface area (Å²) in [6, 6.07) is 8.60. The van der Waals surface area contributed by atoms with E-state index in [-0.39, 0.29) is 0 Å². The van der Waals surface area contributed by atoms with Gasteiger partial charge in [0.25, 0.3) is 0 Å². The maximum atomic E-state index is 4.13. The lowest BCUT2D eigenvalue weighted by atomic mass is 9.95. The summed E-state index contributed by atoms with van der Waals surface area (Å²) >= 11 is 0. The van der Waals surface area contributed by atoms with Crippen LogP contribution in [-0.4, -0.2) is 0 Å². The summed E-state index contributed by atoms with van der Waals surface area (Å²) in [5.41, 5.74) is 4.14. The summed E-state index contributed by atoms with van der Waals surface area (Å²) in [6.07, 6.45) is 0. The molecule has 0 saturated heterocycles. The van der Waals surface area contributed by atoms with Gasteiger partial charge in [0.2, 0.25) is 0 Å². The molecule has 0 aromatic heterocycles. The van der Waals surface area contributed by atoms with Gasteiger partial charge < -0.3 is 0 Å². The van der Waals surface area contributed by atoms with Gasteiger partial charge in [-0.25, -0.2) is 0 Å². The Kier molecular flexibility index (Phi) is 1.57. The molecule has 2 rings (SSSR count). The summed E-state index contributed by atoms with van der Waals surface area (Å²) in [7, 11) is 0. The highest BCUT2D eigenvalue weighted by atomic mass is 14.3. The Labute approximate surface area is 73.9 Å². The van der Waals surface area contributed by atoms with Gasteiger partial charge in [0.05, 0.1) is 0 Å². The summed E-state index contributed by atoms with van der Waals surface area (Å²) in [5.74, 6) is 1.26. The van der Waals surface area contributed by atoms with E-state index < -0.39 is 0 Å². The van der Waals surface area contributed by atoms with E-state index in [2.05, 4.69) is 44.7 Å². The smallest absolute Gasteiger partial charge is 0.0118 e. The van der Waals surface area contributed by atoms with Gasteiger partial charge >= 0.3 is 0 Å². The minimum absolute atomic E-state index is 0.613. The van der Waals surface area contributed by atoms with Crippen LogP contribution in [0.5, 0.6) is 0 Å². The molecular weight excluding hydrogens is 144 g/mol. The zero-order valence-corrected chi connectivity index (χ0v) is 7.67. The van der Waals surface area contributed by atoms with Crippen LogP contribution >= 0.6 is 0 Å². The molecule has 2 atom stereocenters. The van der Waals surface area contributed by atoms with Gasteiger partial charge in [-0.15, -0.1) is 0 Å². The van der Waals surface area contributed by atoms with Crippen molar-refractivity contribution >= 4 is 5.57 Å². The van der Waals surface area contributed by atoms with E-state index in [1.807, 2.05) is 0 Å². The van der Waals surface area contributed by atoms with Crippen molar-refractivity contribution in [3.8, 4) is 0 Å². The van der Waals surface area contributed by atoms with Gasteiger partial charge in [-0.2, -0.15) is 0 Å². The molecule has 0 aliphatic heterocycles. The predicted octanol–water partition coefficient (Wildman–Crippen LogP) is 3.45. The molecule has 0 saturated carbocycles. The summed E-state index contributed by atoms with van der Waals surface area (Å²) in [6.45, 7) is 8.66. The van der Waals surface area contributed by atoms with Crippen molar-refractivity contribution in [3.05, 3.63) is 42.0 Å². The maximum Gasteiger partial charge on any atom is -0.0118 e. The van der Waals surface area contributed by atoms with Crippen molar-refractivity contribution in [1.82, 2.24) is 0 Å². The zero-order chi connectivity index (χ0) is 8.72. The molecule has 0 nitrogen and oxygen atoms in total. The van der Waals surface area contributed by atoms with E-state index in [4.69, 9.17) is 0 Å². The Bertz CT molecular complexity index is 323. The topological polar surface area (TPSA) is 0 Å². The average molecular weight is 158 g/mol. The normalized spacial score (nSPS) is 27.3. The van der Waals surface area contributed by atoms with Crippen molar-refractivity contribution in [2.24, 2.45) is 5.92 Å². The van der Waals surface area contributed by atoms with E-state index in [9.17, 15) is 0 Å². The van der Waals surface area contributed by atoms with Gasteiger partial charge in [-0.05, 0) is 28.5 Å². The van der Waals surface area contributed by atoms with Crippen LogP contribution in [0, 0.1) is 5.92 Å². The maximum absolute atomic E-state index is 4.13. The predicted molar refractivity (Wildman–Crippen MR) is 53.1 cm³/mol. The largest absolute Gasteiger partial charge is 0.0949 e. The van der Waals surface area contributed by atoms with Crippen LogP contribution in [0.3, 0.4) is 0 Å². The molecule has 0 amide bonds. The standard InChI is InChI=1S/C12H14/c1-8-9(2)11-6-4-5-7-12(11)10(8)3/h4-8,10H,2H2,1,3H3. The average Bonchev–Trinajstić information content (AvgIpc) is 2.33. The lowest BCUT2D eigenvalue weighted by molar-refractivity contribution is 0.637. The number of hydrogen-bond donors (Lipinski definition) is 0. The second kappa shape index (κ2) is 2.48. The molecule has 1 aromatic carbocycles. The molecule has 12 heavy (non-hydrogen) atoms. The lowest BCUT2D eigenvalue weighted by Crippen LogP contribution is -1.96. The first-order valence-corrected chi connectivity index (χ1v) is 4.50. The SMILES string of the molecule is C=C1c2ccccc2C(C)C1C. The monoisotopic (exact) mass is 158 g/mol. The summed E-state index contributed by atoms with van der Waals surface area (Å²) < 4.78 is 0. The molecule has 0 heterocycles. The minimum Gasteiger partial charge on any atom is -0.0949 e. The molecule has 0 heteroatoms. The molecule has 1 aliphatic rings. The molecule has 2 unspecified atom stereocenters. The third kappa shape index (κ3) is 0.842. The molecule has 0 spiro atoms. The highest BCUT2D eigenvalue weighted by Crippen LogP contribution is 2.43. The Balaban J connectivity index is 2.59. The van der Waals surface area contributed by atoms with E-state index in [0.717, 1.165) is 0 Å². The first kappa shape index (κ1) is 7.60. The fourth-order valence-electron chi connectivity index (χ4n) is 2.00. The number of hydrogen-bond acceptors (Lipinski definition) is 0. The summed E-state index contributed by atoms with van der Waals surface area (Å²) in [4.78, 5) is 0. The minimum atomic E-state index is 0.613. The fourth-order valence-corrected chi connectivity index (χ4v) is 2.00. The Morgan fingerprint density at radius 3 is 2.42 bits per heavy atom. The molecule has 0 fully saturated rings. The quantitative estimate of drug-likeness (QED) is 0.542. The number of fused-ring (bicyclic) bond motifs is 1. The first-order chi connectivity index (χ1) is 5.72. The zero-order valence-electron chi connectivity index (χ0n) is 7.67. The highest BCUT2D eigenvalue weighted by Gasteiger charge is 2.28. The van der Waals surface area contributed by atoms with Crippen LogP contribution in [0.2, 0.25) is 0 Å². The van der Waals surface area contributed by atoms with Crippen LogP contribution in [0.25, 0.3) is 5.57 Å². The van der Waals surface area contributed by atoms with Crippen LogP contribution in [0.4, 0.5) is 0 Å². The van der Waals surface area contributed by atoms with Gasteiger partial charge in [0, 0.05) is 0 Å². The van der Waals surface area contributed by atoms with Crippen LogP contribution in [-0.2, 0) is 0 Å². The van der Waals surface area contributed by atoms with Crippen molar-refractivity contribution < 1.29 is 0 Å². The number of benzene rings is 1. The first-order valence-electron chi connectivity index (χ1n) is 4.50. The molecule has 0 N–H and O–H groups in total. The van der Waals surface area contributed by atoms with Crippen LogP contribution in [0.1, 0.15) is 30.9 Å². The third-order valence-electron chi connectivity index (χ3n) is 3.10. The van der Waals surface area contributed by atoms with Crippen LogP contribution in [0.15, 0.2) is 30.8 Å². The molecule has 62 valence electrons. The highest BCUT2D eigenvalue weighted by molar-refractivity contribution is 5.73. The molecule has 1 aromatic rings. The van der Waals surface area contributed by atoms with Gasteiger partial charge in [0.1, 0.15) is 0 Å². The van der Waals surface area contributed by atoms with E-state index in [1.54, 1.807) is 0 Å². The van der Waals surface area contributed by atoms with E-state index >= 15 is 0 Å². The van der Waals surface area contributed by atoms with Crippen LogP contribution < -0.4 is 0 Å². The Morgan fingerprint density at radius 1 is 1.08 bits per heavy atom. The lowest BCUT2D eigenvalue weighted by Gasteiger charge is -2.09. The van der Waals surface area contributed by atoms with Crippen molar-refractivity contribution in [1.29, 1.82) is 0 Å². The van der Waals surface area contributed by atoms with E-state index in [0.29, 0.717) is 11.8 Å². The van der Waals surface area contributed by atoms with Gasteiger partial charge in [-0.1, -0.05) is 44.7 Å². The molecule has 0 radical (unpaired) electrons. The molecular formula is C12H14. The molecule has 0 bridgehead atoms. The number of allylic oxidation sites excluding steroid dienone is 1. The van der Waals surface area contributed by atoms with Crippen molar-refractivity contribution in [3.63, 3.8) is 0 Å².